The van der Waals surface area contributed by atoms with Gasteiger partial charge in [-0.2, -0.15) is 0 Å². The third kappa shape index (κ3) is 3.82. The molecule has 1 saturated heterocycles. The molecule has 1 fully saturated rings. The number of hydrogen-bond donors (Lipinski definition) is 0. The molecule has 1 aliphatic rings. The first-order chi connectivity index (χ1) is 11.5. The van der Waals surface area contributed by atoms with E-state index in [1.54, 1.807) is 0 Å². The van der Waals surface area contributed by atoms with Gasteiger partial charge in [-0.1, -0.05) is 29.8 Å². The molecule has 0 aliphatic carbocycles. The fourth-order valence-electron chi connectivity index (χ4n) is 2.32. The Morgan fingerprint density at radius 1 is 1.17 bits per heavy atom. The molecule has 0 aromatic heterocycles. The van der Waals surface area contributed by atoms with E-state index >= 15 is 0 Å². The molecule has 0 radical (unpaired) electrons. The van der Waals surface area contributed by atoms with Crippen LogP contribution in [0.15, 0.2) is 48.5 Å². The molecule has 7 nitrogen and oxygen atoms in total. The lowest BCUT2D eigenvalue weighted by molar-refractivity contribution is -0.384. The van der Waals surface area contributed by atoms with E-state index < -0.39 is 12.7 Å². The van der Waals surface area contributed by atoms with Gasteiger partial charge in [-0.25, -0.2) is 4.57 Å². The standard InChI is InChI=1S/C16H16NO6P/c1-12-2-4-13(5-3-12)16-10-11-21-24(20,23-16)22-15-8-6-14(7-9-15)17(18)19/h2-9,16H,10-11H2,1H3. The SMILES string of the molecule is Cc1ccc(C2CCOP(=O)(Oc3ccc([N+](=O)[O-])cc3)O2)cc1. The van der Waals surface area contributed by atoms with Crippen LogP contribution < -0.4 is 4.52 Å². The van der Waals surface area contributed by atoms with Crippen molar-refractivity contribution in [2.75, 3.05) is 6.61 Å². The van der Waals surface area contributed by atoms with Crippen LogP contribution in [0.5, 0.6) is 5.75 Å². The molecule has 0 spiro atoms. The first kappa shape index (κ1) is 16.6. The fourth-order valence-corrected chi connectivity index (χ4v) is 3.73. The summed E-state index contributed by atoms with van der Waals surface area (Å²) >= 11 is 0. The van der Waals surface area contributed by atoms with Gasteiger partial charge in [-0.05, 0) is 24.6 Å². The molecule has 2 atom stereocenters. The average Bonchev–Trinajstić information content (AvgIpc) is 2.55. The summed E-state index contributed by atoms with van der Waals surface area (Å²) in [5.41, 5.74) is 1.94. The second kappa shape index (κ2) is 6.73. The van der Waals surface area contributed by atoms with E-state index in [-0.39, 0.29) is 24.1 Å². The van der Waals surface area contributed by atoms with Gasteiger partial charge in [-0.3, -0.25) is 19.2 Å². The molecule has 2 unspecified atom stereocenters. The maximum atomic E-state index is 12.7. The van der Waals surface area contributed by atoms with E-state index in [4.69, 9.17) is 13.6 Å². The third-order valence-corrected chi connectivity index (χ3v) is 5.05. The number of nitro benzene ring substituents is 1. The Morgan fingerprint density at radius 3 is 2.46 bits per heavy atom. The fraction of sp³-hybridized carbons (Fsp3) is 0.250. The van der Waals surface area contributed by atoms with Gasteiger partial charge in [0.2, 0.25) is 0 Å². The van der Waals surface area contributed by atoms with Crippen molar-refractivity contribution in [3.05, 3.63) is 69.8 Å². The van der Waals surface area contributed by atoms with Crippen LogP contribution in [0.4, 0.5) is 5.69 Å². The Labute approximate surface area is 138 Å². The minimum Gasteiger partial charge on any atom is -0.404 e. The maximum absolute atomic E-state index is 12.7. The monoisotopic (exact) mass is 349 g/mol. The highest BCUT2D eigenvalue weighted by Crippen LogP contribution is 2.56. The molecular weight excluding hydrogens is 333 g/mol. The van der Waals surface area contributed by atoms with Crippen molar-refractivity contribution in [1.29, 1.82) is 0 Å². The van der Waals surface area contributed by atoms with Crippen molar-refractivity contribution in [2.45, 2.75) is 19.4 Å². The van der Waals surface area contributed by atoms with Crippen LogP contribution >= 0.6 is 7.82 Å². The third-order valence-electron chi connectivity index (χ3n) is 3.60. The van der Waals surface area contributed by atoms with Gasteiger partial charge < -0.3 is 4.52 Å². The molecule has 126 valence electrons. The smallest absolute Gasteiger partial charge is 0.404 e. The summed E-state index contributed by atoms with van der Waals surface area (Å²) < 4.78 is 28.8. The minimum absolute atomic E-state index is 0.0800. The zero-order chi connectivity index (χ0) is 17.2. The van der Waals surface area contributed by atoms with Gasteiger partial charge in [0.05, 0.1) is 17.6 Å². The number of phosphoric ester groups is 1. The van der Waals surface area contributed by atoms with Crippen LogP contribution in [0.25, 0.3) is 0 Å². The molecule has 2 aromatic carbocycles. The van der Waals surface area contributed by atoms with Crippen molar-refractivity contribution in [1.82, 2.24) is 0 Å². The van der Waals surface area contributed by atoms with Crippen LogP contribution in [0.1, 0.15) is 23.7 Å². The Kier molecular flexibility index (Phi) is 4.66. The van der Waals surface area contributed by atoms with Gasteiger partial charge in [0.25, 0.3) is 5.69 Å². The van der Waals surface area contributed by atoms with Crippen LogP contribution in [0.3, 0.4) is 0 Å². The molecule has 3 rings (SSSR count). The van der Waals surface area contributed by atoms with Gasteiger partial charge in [0.1, 0.15) is 5.75 Å². The van der Waals surface area contributed by atoms with Crippen molar-refractivity contribution in [2.24, 2.45) is 0 Å². The quantitative estimate of drug-likeness (QED) is 0.456. The van der Waals surface area contributed by atoms with Crippen molar-refractivity contribution in [3.63, 3.8) is 0 Å². The number of phosphoric acid groups is 1. The minimum atomic E-state index is -3.78. The number of hydrogen-bond acceptors (Lipinski definition) is 6. The first-order valence-electron chi connectivity index (χ1n) is 7.39. The van der Waals surface area contributed by atoms with Crippen LogP contribution in [0.2, 0.25) is 0 Å². The molecule has 0 N–H and O–H groups in total. The Balaban J connectivity index is 1.73. The molecule has 8 heteroatoms. The number of non-ortho nitro benzene ring substituents is 1. The second-order valence-electron chi connectivity index (χ2n) is 5.42. The van der Waals surface area contributed by atoms with Gasteiger partial charge in [0.15, 0.2) is 0 Å². The van der Waals surface area contributed by atoms with Crippen LogP contribution in [0, 0.1) is 17.0 Å². The zero-order valence-electron chi connectivity index (χ0n) is 13.0. The summed E-state index contributed by atoms with van der Waals surface area (Å²) in [6.45, 7) is 2.22. The van der Waals surface area contributed by atoms with E-state index in [9.17, 15) is 14.7 Å². The van der Waals surface area contributed by atoms with Crippen molar-refractivity contribution >= 4 is 13.5 Å². The largest absolute Gasteiger partial charge is 0.530 e. The highest BCUT2D eigenvalue weighted by molar-refractivity contribution is 7.49. The average molecular weight is 349 g/mol. The lowest BCUT2D eigenvalue weighted by Gasteiger charge is -2.29. The first-order valence-corrected chi connectivity index (χ1v) is 8.85. The lowest BCUT2D eigenvalue weighted by atomic mass is 10.1. The van der Waals surface area contributed by atoms with Crippen LogP contribution in [-0.4, -0.2) is 11.5 Å². The summed E-state index contributed by atoms with van der Waals surface area (Å²) in [5.74, 6) is 0.188. The highest BCUT2D eigenvalue weighted by atomic mass is 31.2. The van der Waals surface area contributed by atoms with E-state index in [0.717, 1.165) is 11.1 Å². The molecule has 0 saturated carbocycles. The molecule has 2 aromatic rings. The molecule has 1 heterocycles. The summed E-state index contributed by atoms with van der Waals surface area (Å²) in [6.07, 6.45) is 0.180. The number of aryl methyl sites for hydroxylation is 1. The van der Waals surface area contributed by atoms with Crippen molar-refractivity contribution in [3.8, 4) is 5.75 Å². The van der Waals surface area contributed by atoms with Crippen molar-refractivity contribution < 1.29 is 23.1 Å². The van der Waals surface area contributed by atoms with E-state index in [1.165, 1.54) is 24.3 Å². The summed E-state index contributed by atoms with van der Waals surface area (Å²) in [5, 5.41) is 10.6. The number of nitrogens with zero attached hydrogens (tertiary/aromatic N) is 1. The summed E-state index contributed by atoms with van der Waals surface area (Å²) in [7, 11) is -3.78. The lowest BCUT2D eigenvalue weighted by Crippen LogP contribution is -2.16. The van der Waals surface area contributed by atoms with E-state index in [0.29, 0.717) is 6.42 Å². The molecular formula is C16H16NO6P. The number of nitro groups is 1. The molecule has 24 heavy (non-hydrogen) atoms. The van der Waals surface area contributed by atoms with Gasteiger partial charge in [-0.15, -0.1) is 0 Å². The maximum Gasteiger partial charge on any atom is 0.530 e. The summed E-state index contributed by atoms with van der Waals surface area (Å²) in [6, 6.07) is 13.0. The molecule has 0 bridgehead atoms. The van der Waals surface area contributed by atoms with E-state index in [2.05, 4.69) is 0 Å². The second-order valence-corrected chi connectivity index (χ2v) is 6.96. The predicted molar refractivity (Wildman–Crippen MR) is 86.9 cm³/mol. The Morgan fingerprint density at radius 2 is 1.83 bits per heavy atom. The summed E-state index contributed by atoms with van der Waals surface area (Å²) in [4.78, 5) is 10.1. The molecule has 1 aliphatic heterocycles. The predicted octanol–water partition coefficient (Wildman–Crippen LogP) is 4.57. The van der Waals surface area contributed by atoms with Crippen LogP contribution in [-0.2, 0) is 13.6 Å². The number of benzene rings is 2. The number of rotatable bonds is 4. The molecule has 0 amide bonds. The normalized spacial score (nSPS) is 23.6. The highest BCUT2D eigenvalue weighted by Gasteiger charge is 2.37. The Bertz CT molecular complexity index is 774. The zero-order valence-corrected chi connectivity index (χ0v) is 13.8. The van der Waals surface area contributed by atoms with E-state index in [1.807, 2.05) is 31.2 Å². The topological polar surface area (TPSA) is 87.9 Å². The van der Waals surface area contributed by atoms with Gasteiger partial charge in [0, 0.05) is 18.6 Å². The van der Waals surface area contributed by atoms with Gasteiger partial charge >= 0.3 is 7.82 Å². The Hall–Kier alpha value is -2.21.